The molecule has 1 aliphatic rings. The van der Waals surface area contributed by atoms with Crippen molar-refractivity contribution in [3.05, 3.63) is 0 Å². The molecule has 2 atom stereocenters. The van der Waals surface area contributed by atoms with Gasteiger partial charge in [-0.25, -0.2) is 0 Å². The number of esters is 1. The van der Waals surface area contributed by atoms with Crippen LogP contribution in [-0.2, 0) is 9.53 Å². The largest absolute Gasteiger partial charge is 0.469 e. The van der Waals surface area contributed by atoms with E-state index >= 15 is 0 Å². The van der Waals surface area contributed by atoms with Gasteiger partial charge in [-0.1, -0.05) is 6.92 Å². The first-order valence-corrected chi connectivity index (χ1v) is 5.20. The Balaban J connectivity index is 2.41. The van der Waals surface area contributed by atoms with Crippen LogP contribution in [0.1, 0.15) is 13.3 Å². The van der Waals surface area contributed by atoms with E-state index in [0.717, 1.165) is 0 Å². The lowest BCUT2D eigenvalue weighted by Crippen LogP contribution is -2.27. The zero-order valence-electron chi connectivity index (χ0n) is 9.38. The fourth-order valence-electron chi connectivity index (χ4n) is 1.99. The fourth-order valence-corrected chi connectivity index (χ4v) is 1.99. The molecule has 1 aliphatic heterocycles. The topological polar surface area (TPSA) is 29.5 Å². The molecule has 0 saturated carbocycles. The number of carbonyl (C=O) groups is 1. The summed E-state index contributed by atoms with van der Waals surface area (Å²) in [4.78, 5) is 13.0. The molecule has 2 unspecified atom stereocenters. The molecule has 0 aliphatic carbocycles. The van der Waals surface area contributed by atoms with Gasteiger partial charge in [0.15, 0.2) is 0 Å². The van der Waals surface area contributed by atoms with Gasteiger partial charge in [0.25, 0.3) is 0 Å². The first kappa shape index (κ1) is 13.3. The molecule has 1 saturated heterocycles. The van der Waals surface area contributed by atoms with E-state index in [-0.39, 0.29) is 24.3 Å². The van der Waals surface area contributed by atoms with Crippen molar-refractivity contribution < 1.29 is 22.7 Å². The lowest BCUT2D eigenvalue weighted by atomic mass is 9.99. The Morgan fingerprint density at radius 3 is 2.56 bits per heavy atom. The predicted molar refractivity (Wildman–Crippen MR) is 51.8 cm³/mol. The maximum Gasteiger partial charge on any atom is 0.390 e. The molecule has 1 rings (SSSR count). The number of ether oxygens (including phenoxy) is 1. The monoisotopic (exact) mass is 239 g/mol. The van der Waals surface area contributed by atoms with Crippen LogP contribution in [0.2, 0.25) is 0 Å². The minimum absolute atomic E-state index is 0.0403. The molecule has 16 heavy (non-hydrogen) atoms. The molecule has 94 valence electrons. The van der Waals surface area contributed by atoms with Crippen molar-refractivity contribution in [2.24, 2.45) is 11.8 Å². The molecule has 3 nitrogen and oxygen atoms in total. The molecule has 0 amide bonds. The number of carbonyl (C=O) groups excluding carboxylic acids is 1. The van der Waals surface area contributed by atoms with Gasteiger partial charge in [0, 0.05) is 19.6 Å². The lowest BCUT2D eigenvalue weighted by Gasteiger charge is -2.16. The summed E-state index contributed by atoms with van der Waals surface area (Å²) in [6, 6.07) is 0. The average Bonchev–Trinajstić information content (AvgIpc) is 2.55. The maximum atomic E-state index is 12.0. The normalized spacial score (nSPS) is 27.1. The highest BCUT2D eigenvalue weighted by Crippen LogP contribution is 2.26. The van der Waals surface area contributed by atoms with Gasteiger partial charge in [-0.15, -0.1) is 0 Å². The predicted octanol–water partition coefficient (Wildman–Crippen LogP) is 1.68. The van der Waals surface area contributed by atoms with Gasteiger partial charge in [0.05, 0.1) is 19.4 Å². The highest BCUT2D eigenvalue weighted by Gasteiger charge is 2.37. The Morgan fingerprint density at radius 2 is 2.06 bits per heavy atom. The fraction of sp³-hybridized carbons (Fsp3) is 0.900. The van der Waals surface area contributed by atoms with Crippen LogP contribution in [0.5, 0.6) is 0 Å². The summed E-state index contributed by atoms with van der Waals surface area (Å²) in [6.07, 6.45) is -4.96. The summed E-state index contributed by atoms with van der Waals surface area (Å²) in [6.45, 7) is 2.70. The summed E-state index contributed by atoms with van der Waals surface area (Å²) < 4.78 is 40.6. The van der Waals surface area contributed by atoms with Gasteiger partial charge >= 0.3 is 12.1 Å². The average molecular weight is 239 g/mol. The quantitative estimate of drug-likeness (QED) is 0.702. The standard InChI is InChI=1S/C10H16F3NO2/c1-7-5-14(4-3-10(11,12)13)6-8(7)9(15)16-2/h7-8H,3-6H2,1-2H3. The van der Waals surface area contributed by atoms with E-state index in [1.54, 1.807) is 4.90 Å². The van der Waals surface area contributed by atoms with E-state index in [1.807, 2.05) is 6.92 Å². The van der Waals surface area contributed by atoms with Crippen molar-refractivity contribution >= 4 is 5.97 Å². The smallest absolute Gasteiger partial charge is 0.390 e. The molecule has 1 heterocycles. The number of hydrogen-bond acceptors (Lipinski definition) is 3. The van der Waals surface area contributed by atoms with Gasteiger partial charge in [0.1, 0.15) is 0 Å². The molecule has 0 N–H and O–H groups in total. The molecular weight excluding hydrogens is 223 g/mol. The van der Waals surface area contributed by atoms with Crippen molar-refractivity contribution in [1.82, 2.24) is 4.90 Å². The molecule has 0 radical (unpaired) electrons. The Morgan fingerprint density at radius 1 is 1.44 bits per heavy atom. The SMILES string of the molecule is COC(=O)C1CN(CCC(F)(F)F)CC1C. The second-order valence-electron chi connectivity index (χ2n) is 4.23. The number of likely N-dealkylation sites (tertiary alicyclic amines) is 1. The van der Waals surface area contributed by atoms with Crippen LogP contribution in [0.3, 0.4) is 0 Å². The van der Waals surface area contributed by atoms with Gasteiger partial charge in [-0.3, -0.25) is 4.79 Å². The van der Waals surface area contributed by atoms with Gasteiger partial charge in [-0.05, 0) is 5.92 Å². The van der Waals surface area contributed by atoms with Crippen molar-refractivity contribution in [2.45, 2.75) is 19.5 Å². The van der Waals surface area contributed by atoms with Crippen LogP contribution >= 0.6 is 0 Å². The molecular formula is C10H16F3NO2. The van der Waals surface area contributed by atoms with Gasteiger partial charge in [0.2, 0.25) is 0 Å². The van der Waals surface area contributed by atoms with Gasteiger partial charge < -0.3 is 9.64 Å². The molecule has 0 bridgehead atoms. The minimum Gasteiger partial charge on any atom is -0.469 e. The Labute approximate surface area is 92.5 Å². The first-order valence-electron chi connectivity index (χ1n) is 5.20. The second kappa shape index (κ2) is 5.03. The molecule has 0 aromatic heterocycles. The molecule has 1 fully saturated rings. The van der Waals surface area contributed by atoms with Crippen molar-refractivity contribution in [3.63, 3.8) is 0 Å². The number of methoxy groups -OCH3 is 1. The van der Waals surface area contributed by atoms with E-state index in [1.165, 1.54) is 7.11 Å². The van der Waals surface area contributed by atoms with E-state index in [2.05, 4.69) is 4.74 Å². The first-order chi connectivity index (χ1) is 7.33. The van der Waals surface area contributed by atoms with Gasteiger partial charge in [-0.2, -0.15) is 13.2 Å². The Hall–Kier alpha value is -0.780. The molecule has 6 heteroatoms. The van der Waals surface area contributed by atoms with Crippen LogP contribution < -0.4 is 0 Å². The van der Waals surface area contributed by atoms with Crippen molar-refractivity contribution in [1.29, 1.82) is 0 Å². The maximum absolute atomic E-state index is 12.0. The number of alkyl halides is 3. The molecule has 0 aromatic rings. The third-order valence-electron chi connectivity index (χ3n) is 2.90. The number of nitrogens with zero attached hydrogens (tertiary/aromatic N) is 1. The zero-order valence-corrected chi connectivity index (χ0v) is 9.38. The van der Waals surface area contributed by atoms with E-state index < -0.39 is 12.6 Å². The summed E-state index contributed by atoms with van der Waals surface area (Å²) in [7, 11) is 1.30. The second-order valence-corrected chi connectivity index (χ2v) is 4.23. The molecule has 0 aromatic carbocycles. The Bertz CT molecular complexity index is 255. The van der Waals surface area contributed by atoms with Crippen molar-refractivity contribution in [2.75, 3.05) is 26.7 Å². The summed E-state index contributed by atoms with van der Waals surface area (Å²) in [5.74, 6) is -0.569. The number of halogens is 3. The highest BCUT2D eigenvalue weighted by molar-refractivity contribution is 5.73. The lowest BCUT2D eigenvalue weighted by molar-refractivity contribution is -0.146. The number of rotatable bonds is 3. The van der Waals surface area contributed by atoms with E-state index in [9.17, 15) is 18.0 Å². The third-order valence-corrected chi connectivity index (χ3v) is 2.90. The van der Waals surface area contributed by atoms with Crippen LogP contribution in [0.25, 0.3) is 0 Å². The third kappa shape index (κ3) is 3.66. The van der Waals surface area contributed by atoms with Crippen molar-refractivity contribution in [3.8, 4) is 0 Å². The molecule has 0 spiro atoms. The summed E-state index contributed by atoms with van der Waals surface area (Å²) in [5, 5.41) is 0. The Kier molecular flexibility index (Phi) is 4.18. The summed E-state index contributed by atoms with van der Waals surface area (Å²) >= 11 is 0. The van der Waals surface area contributed by atoms with Crippen LogP contribution in [-0.4, -0.2) is 43.8 Å². The zero-order chi connectivity index (χ0) is 12.3. The van der Waals surface area contributed by atoms with Crippen LogP contribution in [0.4, 0.5) is 13.2 Å². The van der Waals surface area contributed by atoms with Crippen LogP contribution in [0.15, 0.2) is 0 Å². The highest BCUT2D eigenvalue weighted by atomic mass is 19.4. The minimum atomic E-state index is -4.13. The van der Waals surface area contributed by atoms with Crippen LogP contribution in [0, 0.1) is 11.8 Å². The van der Waals surface area contributed by atoms with E-state index in [4.69, 9.17) is 0 Å². The summed E-state index contributed by atoms with van der Waals surface area (Å²) in [5.41, 5.74) is 0. The van der Waals surface area contributed by atoms with E-state index in [0.29, 0.717) is 13.1 Å². The number of hydrogen-bond donors (Lipinski definition) is 0.